The Labute approximate surface area is 165 Å². The number of hydrogen-bond acceptors (Lipinski definition) is 6. The summed E-state index contributed by atoms with van der Waals surface area (Å²) < 4.78 is 10.4. The molecule has 1 heterocycles. The van der Waals surface area contributed by atoms with Gasteiger partial charge in [-0.1, -0.05) is 19.3 Å². The first-order valence-corrected chi connectivity index (χ1v) is 9.81. The van der Waals surface area contributed by atoms with E-state index in [0.29, 0.717) is 22.5 Å². The van der Waals surface area contributed by atoms with Crippen LogP contribution in [-0.2, 0) is 19.1 Å². The summed E-state index contributed by atoms with van der Waals surface area (Å²) >= 11 is 4.90. The number of dihydropyridines is 1. The molecule has 27 heavy (non-hydrogen) atoms. The summed E-state index contributed by atoms with van der Waals surface area (Å²) in [6.45, 7) is 4.11. The molecule has 0 aromatic heterocycles. The third kappa shape index (κ3) is 5.00. The Hall–Kier alpha value is -2.09. The lowest BCUT2D eigenvalue weighted by atomic mass is 9.70. The van der Waals surface area contributed by atoms with Crippen molar-refractivity contribution in [3.63, 3.8) is 0 Å². The van der Waals surface area contributed by atoms with Crippen molar-refractivity contribution >= 4 is 29.3 Å². The van der Waals surface area contributed by atoms with Gasteiger partial charge < -0.3 is 25.8 Å². The highest BCUT2D eigenvalue weighted by molar-refractivity contribution is 7.80. The number of carbonyl (C=O) groups excluding carboxylic acids is 2. The Kier molecular flexibility index (Phi) is 7.65. The Morgan fingerprint density at radius 2 is 1.89 bits per heavy atom. The molecular formula is C19H29N3O4S. The normalized spacial score (nSPS) is 20.8. The molecule has 0 amide bonds. The van der Waals surface area contributed by atoms with Crippen LogP contribution >= 0.6 is 12.2 Å². The van der Waals surface area contributed by atoms with Gasteiger partial charge in [0.05, 0.1) is 31.4 Å². The number of ether oxygens (including phenoxy) is 2. The van der Waals surface area contributed by atoms with Gasteiger partial charge in [0.1, 0.15) is 0 Å². The van der Waals surface area contributed by atoms with Crippen molar-refractivity contribution in [3.05, 3.63) is 22.5 Å². The molecule has 0 saturated heterocycles. The summed E-state index contributed by atoms with van der Waals surface area (Å²) in [4.78, 5) is 25.5. The maximum absolute atomic E-state index is 12.9. The fraction of sp³-hybridized carbons (Fsp3) is 0.632. The van der Waals surface area contributed by atoms with Crippen LogP contribution in [0.5, 0.6) is 0 Å². The molecule has 1 fully saturated rings. The molecule has 2 aliphatic rings. The molecule has 0 aromatic rings. The van der Waals surface area contributed by atoms with E-state index in [1.807, 2.05) is 6.92 Å². The number of nitrogens with one attached hydrogen (secondary N) is 2. The van der Waals surface area contributed by atoms with Gasteiger partial charge in [-0.25, -0.2) is 9.59 Å². The first-order valence-electron chi connectivity index (χ1n) is 9.40. The van der Waals surface area contributed by atoms with Crippen LogP contribution in [0.1, 0.15) is 46.0 Å². The second-order valence-corrected chi connectivity index (χ2v) is 7.30. The molecule has 7 nitrogen and oxygen atoms in total. The van der Waals surface area contributed by atoms with E-state index in [1.165, 1.54) is 13.5 Å². The van der Waals surface area contributed by atoms with Crippen molar-refractivity contribution in [3.8, 4) is 0 Å². The van der Waals surface area contributed by atoms with Crippen LogP contribution in [0.25, 0.3) is 0 Å². The van der Waals surface area contributed by atoms with E-state index >= 15 is 0 Å². The van der Waals surface area contributed by atoms with Crippen LogP contribution in [0.3, 0.4) is 0 Å². The fourth-order valence-corrected chi connectivity index (χ4v) is 4.10. The standard InChI is InChI=1S/C19H29N3O4S/c1-4-26-18(24)16-13(10-21-19(20)27)22-11(2)14(17(23)25-3)15(16)12-8-6-5-7-9-12/h12,15,22H,4-10H2,1-3H3,(H3,20,21,27). The lowest BCUT2D eigenvalue weighted by Gasteiger charge is -2.37. The summed E-state index contributed by atoms with van der Waals surface area (Å²) in [6.07, 6.45) is 5.25. The van der Waals surface area contributed by atoms with Gasteiger partial charge in [0.25, 0.3) is 0 Å². The quantitative estimate of drug-likeness (QED) is 0.463. The molecular weight excluding hydrogens is 366 g/mol. The predicted molar refractivity (Wildman–Crippen MR) is 106 cm³/mol. The third-order valence-electron chi connectivity index (χ3n) is 5.15. The Morgan fingerprint density at radius 3 is 2.44 bits per heavy atom. The van der Waals surface area contributed by atoms with Gasteiger partial charge in [0.15, 0.2) is 5.11 Å². The van der Waals surface area contributed by atoms with Crippen molar-refractivity contribution < 1.29 is 19.1 Å². The average molecular weight is 396 g/mol. The maximum Gasteiger partial charge on any atom is 0.336 e. The number of methoxy groups -OCH3 is 1. The number of esters is 2. The Bertz CT molecular complexity index is 666. The van der Waals surface area contributed by atoms with E-state index in [-0.39, 0.29) is 30.1 Å². The lowest BCUT2D eigenvalue weighted by Crippen LogP contribution is -2.42. The minimum atomic E-state index is -0.422. The molecule has 1 aliphatic heterocycles. The Morgan fingerprint density at radius 1 is 1.22 bits per heavy atom. The summed E-state index contributed by atoms with van der Waals surface area (Å²) in [5, 5.41) is 6.20. The summed E-state index contributed by atoms with van der Waals surface area (Å²) in [5.74, 6) is -1.02. The summed E-state index contributed by atoms with van der Waals surface area (Å²) in [7, 11) is 1.36. The predicted octanol–water partition coefficient (Wildman–Crippen LogP) is 1.88. The highest BCUT2D eigenvalue weighted by Gasteiger charge is 2.42. The van der Waals surface area contributed by atoms with Crippen molar-refractivity contribution in [1.29, 1.82) is 0 Å². The largest absolute Gasteiger partial charge is 0.466 e. The number of nitrogens with two attached hydrogens (primary N) is 1. The smallest absolute Gasteiger partial charge is 0.336 e. The van der Waals surface area contributed by atoms with Crippen LogP contribution < -0.4 is 16.4 Å². The second kappa shape index (κ2) is 9.73. The van der Waals surface area contributed by atoms with Gasteiger partial charge in [-0.15, -0.1) is 0 Å². The van der Waals surface area contributed by atoms with Crippen molar-refractivity contribution in [2.24, 2.45) is 17.6 Å². The van der Waals surface area contributed by atoms with Crippen LogP contribution in [-0.4, -0.2) is 37.3 Å². The molecule has 1 atom stereocenters. The molecule has 0 aromatic carbocycles. The fourth-order valence-electron chi connectivity index (χ4n) is 4.03. The third-order valence-corrected chi connectivity index (χ3v) is 5.30. The van der Waals surface area contributed by atoms with Crippen molar-refractivity contribution in [1.82, 2.24) is 10.6 Å². The molecule has 0 spiro atoms. The topological polar surface area (TPSA) is 103 Å². The molecule has 150 valence electrons. The zero-order chi connectivity index (χ0) is 20.0. The molecule has 1 aliphatic carbocycles. The first-order chi connectivity index (χ1) is 12.9. The molecule has 8 heteroatoms. The minimum absolute atomic E-state index is 0.141. The van der Waals surface area contributed by atoms with E-state index in [1.54, 1.807) is 6.92 Å². The highest BCUT2D eigenvalue weighted by Crippen LogP contribution is 2.42. The minimum Gasteiger partial charge on any atom is -0.466 e. The summed E-state index contributed by atoms with van der Waals surface area (Å²) in [6, 6.07) is 0. The number of rotatable bonds is 6. The number of carbonyl (C=O) groups is 2. The number of hydrogen-bond donors (Lipinski definition) is 3. The molecule has 1 saturated carbocycles. The van der Waals surface area contributed by atoms with E-state index in [0.717, 1.165) is 25.7 Å². The maximum atomic E-state index is 12.9. The van der Waals surface area contributed by atoms with Crippen LogP contribution in [0.2, 0.25) is 0 Å². The number of thiocarbonyl (C=S) groups is 1. The molecule has 0 bridgehead atoms. The van der Waals surface area contributed by atoms with Gasteiger partial charge >= 0.3 is 11.9 Å². The average Bonchev–Trinajstić information content (AvgIpc) is 2.65. The van der Waals surface area contributed by atoms with Crippen LogP contribution in [0, 0.1) is 11.8 Å². The molecule has 0 radical (unpaired) electrons. The van der Waals surface area contributed by atoms with Gasteiger partial charge in [-0.3, -0.25) is 0 Å². The van der Waals surface area contributed by atoms with Crippen LogP contribution in [0.4, 0.5) is 0 Å². The van der Waals surface area contributed by atoms with E-state index in [9.17, 15) is 9.59 Å². The monoisotopic (exact) mass is 395 g/mol. The lowest BCUT2D eigenvalue weighted by molar-refractivity contribution is -0.140. The molecule has 1 unspecified atom stereocenters. The second-order valence-electron chi connectivity index (χ2n) is 6.86. The van der Waals surface area contributed by atoms with Gasteiger partial charge in [0.2, 0.25) is 0 Å². The van der Waals surface area contributed by atoms with E-state index in [2.05, 4.69) is 10.6 Å². The van der Waals surface area contributed by atoms with E-state index in [4.69, 9.17) is 27.4 Å². The van der Waals surface area contributed by atoms with Crippen LogP contribution in [0.15, 0.2) is 22.5 Å². The van der Waals surface area contributed by atoms with E-state index < -0.39 is 11.9 Å². The summed E-state index contributed by atoms with van der Waals surface area (Å²) in [5.41, 5.74) is 7.87. The van der Waals surface area contributed by atoms with Gasteiger partial charge in [-0.2, -0.15) is 0 Å². The highest BCUT2D eigenvalue weighted by atomic mass is 32.1. The zero-order valence-corrected chi connectivity index (χ0v) is 17.0. The number of allylic oxidation sites excluding steroid dienone is 1. The first kappa shape index (κ1) is 21.2. The van der Waals surface area contributed by atoms with Gasteiger partial charge in [-0.05, 0) is 44.8 Å². The van der Waals surface area contributed by atoms with Crippen molar-refractivity contribution in [2.75, 3.05) is 20.3 Å². The van der Waals surface area contributed by atoms with Gasteiger partial charge in [0, 0.05) is 17.3 Å². The molecule has 4 N–H and O–H groups in total. The van der Waals surface area contributed by atoms with Crippen molar-refractivity contribution in [2.45, 2.75) is 46.0 Å². The Balaban J connectivity index is 2.54. The molecule has 2 rings (SSSR count). The SMILES string of the molecule is CCOC(=O)C1=C(CNC(N)=S)NC(C)=C(C(=O)OC)C1C1CCCCC1. The zero-order valence-electron chi connectivity index (χ0n) is 16.2.